The zero-order valence-electron chi connectivity index (χ0n) is 25.9. The number of rotatable bonds is 7. The van der Waals surface area contributed by atoms with Gasteiger partial charge in [0.1, 0.15) is 24.6 Å². The number of allylic oxidation sites excluding steroid dienone is 1. The molecule has 43 heavy (non-hydrogen) atoms. The second-order valence-electron chi connectivity index (χ2n) is 13.4. The van der Waals surface area contributed by atoms with Gasteiger partial charge in [-0.2, -0.15) is 0 Å². The number of esters is 3. The van der Waals surface area contributed by atoms with Crippen LogP contribution >= 0.6 is 0 Å². The fraction of sp³-hybridized carbons (Fsp3) is 0.636. The van der Waals surface area contributed by atoms with Gasteiger partial charge in [-0.15, -0.1) is 0 Å². The van der Waals surface area contributed by atoms with Gasteiger partial charge in [0.05, 0.1) is 37.3 Å². The maximum atomic E-state index is 13.2. The van der Waals surface area contributed by atoms with E-state index in [1.165, 1.54) is 21.0 Å². The van der Waals surface area contributed by atoms with E-state index in [0.717, 1.165) is 16.7 Å². The monoisotopic (exact) mass is 598 g/mol. The predicted molar refractivity (Wildman–Crippen MR) is 152 cm³/mol. The molecule has 1 saturated heterocycles. The Hall–Kier alpha value is -3.24. The number of aliphatic hydroxyl groups is 1. The number of carbonyl (C=O) groups is 4. The minimum Gasteiger partial charge on any atom is -0.472 e. The van der Waals surface area contributed by atoms with Crippen LogP contribution < -0.4 is 0 Å². The first-order valence-corrected chi connectivity index (χ1v) is 14.8. The van der Waals surface area contributed by atoms with Crippen LogP contribution in [-0.4, -0.2) is 66.9 Å². The lowest BCUT2D eigenvalue weighted by molar-refractivity contribution is -0.279. The van der Waals surface area contributed by atoms with Crippen molar-refractivity contribution in [3.05, 3.63) is 47.5 Å². The Kier molecular flexibility index (Phi) is 7.79. The first-order valence-electron chi connectivity index (χ1n) is 14.8. The van der Waals surface area contributed by atoms with E-state index in [9.17, 15) is 24.3 Å². The largest absolute Gasteiger partial charge is 0.472 e. The van der Waals surface area contributed by atoms with Gasteiger partial charge < -0.3 is 33.3 Å². The van der Waals surface area contributed by atoms with E-state index in [0.29, 0.717) is 12.7 Å². The summed E-state index contributed by atoms with van der Waals surface area (Å²) in [5.41, 5.74) is -0.267. The van der Waals surface area contributed by atoms with E-state index in [4.69, 9.17) is 23.4 Å². The second kappa shape index (κ2) is 10.7. The van der Waals surface area contributed by atoms with Crippen molar-refractivity contribution in [1.29, 1.82) is 0 Å². The molecule has 10 heteroatoms. The predicted octanol–water partition coefficient (Wildman–Crippen LogP) is 4.06. The Bertz CT molecular complexity index is 1360. The molecule has 0 aromatic carbocycles. The van der Waals surface area contributed by atoms with E-state index in [-0.39, 0.29) is 30.4 Å². The van der Waals surface area contributed by atoms with Gasteiger partial charge in [0.15, 0.2) is 0 Å². The van der Waals surface area contributed by atoms with Crippen molar-refractivity contribution < 1.29 is 47.6 Å². The summed E-state index contributed by atoms with van der Waals surface area (Å²) in [6, 6.07) is 1.92. The zero-order valence-corrected chi connectivity index (χ0v) is 25.9. The normalized spacial score (nSPS) is 41.5. The Morgan fingerprint density at radius 3 is 2.42 bits per heavy atom. The van der Waals surface area contributed by atoms with Crippen LogP contribution in [0.1, 0.15) is 72.3 Å². The van der Waals surface area contributed by atoms with Gasteiger partial charge in [-0.1, -0.05) is 26.0 Å². The summed E-state index contributed by atoms with van der Waals surface area (Å²) in [6.45, 7) is 14.1. The smallest absolute Gasteiger partial charge is 0.333 e. The number of hydrogen-bond acceptors (Lipinski definition) is 10. The Morgan fingerprint density at radius 2 is 1.86 bits per heavy atom. The molecule has 234 valence electrons. The van der Waals surface area contributed by atoms with Crippen LogP contribution in [-0.2, 0) is 38.1 Å². The van der Waals surface area contributed by atoms with Crippen LogP contribution in [0.4, 0.5) is 0 Å². The van der Waals surface area contributed by atoms with Crippen molar-refractivity contribution >= 4 is 24.2 Å². The minimum atomic E-state index is -1.43. The molecular formula is C33H42O10. The molecule has 1 aromatic rings. The first kappa shape index (κ1) is 31.2. The highest BCUT2D eigenvalue weighted by atomic mass is 16.6. The van der Waals surface area contributed by atoms with Gasteiger partial charge in [0, 0.05) is 48.0 Å². The Labute approximate surface area is 251 Å². The van der Waals surface area contributed by atoms with E-state index in [1.54, 1.807) is 19.5 Å². The molecule has 3 fully saturated rings. The number of fused-ring (bicyclic) bond motifs is 4. The molecule has 0 bridgehead atoms. The fourth-order valence-corrected chi connectivity index (χ4v) is 9.30. The molecule has 2 heterocycles. The summed E-state index contributed by atoms with van der Waals surface area (Å²) < 4.78 is 29.6. The second-order valence-corrected chi connectivity index (χ2v) is 13.4. The fourth-order valence-electron chi connectivity index (χ4n) is 9.30. The average molecular weight is 599 g/mol. The molecule has 0 spiro atoms. The van der Waals surface area contributed by atoms with Gasteiger partial charge in [-0.3, -0.25) is 9.59 Å². The molecule has 0 radical (unpaired) electrons. The Morgan fingerprint density at radius 1 is 1.16 bits per heavy atom. The number of carbonyl (C=O) groups excluding carboxylic acids is 4. The molecule has 1 aromatic heterocycles. The van der Waals surface area contributed by atoms with E-state index in [1.807, 2.05) is 26.8 Å². The molecule has 3 aliphatic carbocycles. The highest BCUT2D eigenvalue weighted by molar-refractivity contribution is 5.87. The summed E-state index contributed by atoms with van der Waals surface area (Å²) >= 11 is 0. The van der Waals surface area contributed by atoms with Gasteiger partial charge in [-0.05, 0) is 50.3 Å². The topological polar surface area (TPSA) is 139 Å². The number of ether oxygens (including phenoxy) is 4. The van der Waals surface area contributed by atoms with Crippen LogP contribution in [0.3, 0.4) is 0 Å². The number of aliphatic hydroxyl groups excluding tert-OH is 1. The Balaban J connectivity index is 1.79. The third-order valence-electron chi connectivity index (χ3n) is 11.2. The molecular weight excluding hydrogens is 556 g/mol. The van der Waals surface area contributed by atoms with Crippen molar-refractivity contribution in [2.75, 3.05) is 7.11 Å². The molecule has 2 saturated carbocycles. The van der Waals surface area contributed by atoms with Crippen molar-refractivity contribution in [3.8, 4) is 0 Å². The maximum absolute atomic E-state index is 13.2. The van der Waals surface area contributed by atoms with E-state index in [2.05, 4.69) is 6.58 Å². The van der Waals surface area contributed by atoms with Crippen LogP contribution in [0.25, 0.3) is 0 Å². The summed E-state index contributed by atoms with van der Waals surface area (Å²) in [5, 5.41) is 11.5. The molecule has 1 N–H and O–H groups in total. The zero-order chi connectivity index (χ0) is 31.6. The number of methoxy groups -OCH3 is 1. The maximum Gasteiger partial charge on any atom is 0.333 e. The van der Waals surface area contributed by atoms with Crippen LogP contribution in [0.15, 0.2) is 46.3 Å². The quantitative estimate of drug-likeness (QED) is 0.161. The van der Waals surface area contributed by atoms with Gasteiger partial charge >= 0.3 is 17.9 Å². The summed E-state index contributed by atoms with van der Waals surface area (Å²) in [5.74, 6) is -3.19. The summed E-state index contributed by atoms with van der Waals surface area (Å²) in [6.07, 6.45) is 0.194. The van der Waals surface area contributed by atoms with Crippen molar-refractivity contribution in [2.45, 2.75) is 97.2 Å². The third-order valence-corrected chi connectivity index (χ3v) is 11.2. The molecule has 11 atom stereocenters. The van der Waals surface area contributed by atoms with Crippen LogP contribution in [0, 0.1) is 28.1 Å². The molecule has 1 aliphatic heterocycles. The van der Waals surface area contributed by atoms with Crippen molar-refractivity contribution in [1.82, 2.24) is 0 Å². The number of hydrogen-bond donors (Lipinski definition) is 1. The van der Waals surface area contributed by atoms with Gasteiger partial charge in [0.2, 0.25) is 0 Å². The van der Waals surface area contributed by atoms with E-state index >= 15 is 0 Å². The number of aldehydes is 1. The lowest BCUT2D eigenvalue weighted by atomic mass is 9.39. The molecule has 11 unspecified atom stereocenters. The van der Waals surface area contributed by atoms with E-state index < -0.39 is 70.4 Å². The highest BCUT2D eigenvalue weighted by Crippen LogP contribution is 2.72. The lowest BCUT2D eigenvalue weighted by Crippen LogP contribution is -2.73. The standard InChI is InChI=1S/C33H42O10/c1-16(2)30(38)43-24-13-23(36)31(5,15-34)28-27(41-18(4)35)29-33(7,22(32(24,28)6)12-25(37)39-8)26-17(3)20(11-21(26)42-29)19-9-10-40-14-19/h9-10,14-15,20-24,27-29,36H,1,11-13H2,2-8H3. The highest BCUT2D eigenvalue weighted by Gasteiger charge is 2.76. The van der Waals surface area contributed by atoms with Crippen LogP contribution in [0.5, 0.6) is 0 Å². The third kappa shape index (κ3) is 4.43. The SMILES string of the molecule is C=C(C)C(=O)OC1CC(O)C(C)(C=O)C2C(OC(C)=O)C3OC4CC(c5ccoc5)C(C)=C4C3(C)C(CC(=O)OC)C12C. The molecule has 10 nitrogen and oxygen atoms in total. The summed E-state index contributed by atoms with van der Waals surface area (Å²) in [7, 11) is 1.31. The number of furan rings is 1. The first-order chi connectivity index (χ1) is 20.2. The molecule has 5 rings (SSSR count). The lowest BCUT2D eigenvalue weighted by Gasteiger charge is -2.66. The van der Waals surface area contributed by atoms with Gasteiger partial charge in [0.25, 0.3) is 0 Å². The van der Waals surface area contributed by atoms with Crippen molar-refractivity contribution in [2.24, 2.45) is 28.1 Å². The minimum absolute atomic E-state index is 0.0125. The van der Waals surface area contributed by atoms with Gasteiger partial charge in [-0.25, -0.2) is 4.79 Å². The van der Waals surface area contributed by atoms with Crippen LogP contribution in [0.2, 0.25) is 0 Å². The summed E-state index contributed by atoms with van der Waals surface area (Å²) in [4.78, 5) is 51.9. The van der Waals surface area contributed by atoms with Crippen molar-refractivity contribution in [3.63, 3.8) is 0 Å². The molecule has 4 aliphatic rings. The average Bonchev–Trinajstić information content (AvgIpc) is 3.66. The molecule has 0 amide bonds.